The number of hydrogen-bond donors (Lipinski definition) is 1. The predicted molar refractivity (Wildman–Crippen MR) is 71.0 cm³/mol. The van der Waals surface area contributed by atoms with Gasteiger partial charge in [-0.15, -0.1) is 11.3 Å². The minimum atomic E-state index is -1.12. The number of carboxylic acids is 1. The average Bonchev–Trinajstić information content (AvgIpc) is 2.58. The van der Waals surface area contributed by atoms with Crippen LogP contribution in [0.2, 0.25) is 0 Å². The predicted octanol–water partition coefficient (Wildman–Crippen LogP) is 0.0608. The second-order valence-electron chi connectivity index (χ2n) is 5.52. The van der Waals surface area contributed by atoms with E-state index in [0.29, 0.717) is 5.69 Å². The molecule has 4 nitrogen and oxygen atoms in total. The number of aromatic nitrogens is 1. The number of nitrogens with zero attached hydrogens (tertiary/aromatic N) is 1. The van der Waals surface area contributed by atoms with Gasteiger partial charge in [-0.2, -0.15) is 0 Å². The first-order chi connectivity index (χ1) is 8.25. The molecule has 0 aliphatic rings. The van der Waals surface area contributed by atoms with Crippen molar-refractivity contribution in [3.05, 3.63) is 15.6 Å². The highest BCUT2D eigenvalue weighted by Gasteiger charge is 2.23. The van der Waals surface area contributed by atoms with Crippen LogP contribution in [-0.2, 0) is 6.42 Å². The van der Waals surface area contributed by atoms with Crippen molar-refractivity contribution in [2.75, 3.05) is 13.1 Å². The molecule has 0 aromatic carbocycles. The van der Waals surface area contributed by atoms with E-state index in [1.807, 2.05) is 0 Å². The third-order valence-electron chi connectivity index (χ3n) is 3.15. The Morgan fingerprint density at radius 1 is 1.44 bits per heavy atom. The SMILES string of the molecule is CC[NH+](CCc1nc(C)c(C(=O)[O-])s1)C(C)(C)C. The van der Waals surface area contributed by atoms with E-state index in [4.69, 9.17) is 0 Å². The normalized spacial score (nSPS) is 13.6. The summed E-state index contributed by atoms with van der Waals surface area (Å²) >= 11 is 1.24. The number of rotatable bonds is 5. The minimum Gasteiger partial charge on any atom is -0.544 e. The summed E-state index contributed by atoms with van der Waals surface area (Å²) in [7, 11) is 0. The Balaban J connectivity index is 2.69. The molecule has 102 valence electrons. The lowest BCUT2D eigenvalue weighted by atomic mass is 10.1. The van der Waals surface area contributed by atoms with Crippen LogP contribution in [-0.4, -0.2) is 29.6 Å². The summed E-state index contributed by atoms with van der Waals surface area (Å²) in [4.78, 5) is 16.9. The van der Waals surface area contributed by atoms with Crippen LogP contribution in [0.1, 0.15) is 48.1 Å². The molecule has 0 saturated heterocycles. The lowest BCUT2D eigenvalue weighted by Gasteiger charge is -2.31. The number of nitrogens with one attached hydrogen (secondary N) is 1. The fraction of sp³-hybridized carbons (Fsp3) is 0.692. The number of thiazole rings is 1. The first kappa shape index (κ1) is 15.1. The number of quaternary nitrogens is 1. The molecular formula is C13H22N2O2S. The van der Waals surface area contributed by atoms with Crippen molar-refractivity contribution in [1.82, 2.24) is 4.98 Å². The van der Waals surface area contributed by atoms with Gasteiger partial charge in [-0.3, -0.25) is 0 Å². The fourth-order valence-corrected chi connectivity index (χ4v) is 2.99. The summed E-state index contributed by atoms with van der Waals surface area (Å²) in [6, 6.07) is 0. The highest BCUT2D eigenvalue weighted by Crippen LogP contribution is 2.17. The molecule has 0 amide bonds. The van der Waals surface area contributed by atoms with Crippen molar-refractivity contribution in [3.63, 3.8) is 0 Å². The number of carboxylic acid groups (broad SMARTS) is 1. The van der Waals surface area contributed by atoms with Crippen LogP contribution < -0.4 is 10.0 Å². The monoisotopic (exact) mass is 270 g/mol. The molecular weight excluding hydrogens is 248 g/mol. The first-order valence-electron chi connectivity index (χ1n) is 6.28. The molecule has 1 aromatic rings. The van der Waals surface area contributed by atoms with E-state index in [1.54, 1.807) is 6.92 Å². The Morgan fingerprint density at radius 3 is 2.44 bits per heavy atom. The number of aromatic carboxylic acids is 1. The molecule has 5 heteroatoms. The molecule has 1 N–H and O–H groups in total. The summed E-state index contributed by atoms with van der Waals surface area (Å²) in [6.07, 6.45) is 0.819. The first-order valence-corrected chi connectivity index (χ1v) is 7.10. The maximum atomic E-state index is 10.8. The number of aryl methyl sites for hydroxylation is 1. The maximum Gasteiger partial charge on any atom is 0.0991 e. The number of carbonyl (C=O) groups is 1. The van der Waals surface area contributed by atoms with Gasteiger partial charge in [-0.05, 0) is 34.6 Å². The van der Waals surface area contributed by atoms with Crippen molar-refractivity contribution in [1.29, 1.82) is 0 Å². The molecule has 0 saturated carbocycles. The van der Waals surface area contributed by atoms with Gasteiger partial charge in [-0.25, -0.2) is 4.98 Å². The van der Waals surface area contributed by atoms with E-state index < -0.39 is 5.97 Å². The molecule has 18 heavy (non-hydrogen) atoms. The van der Waals surface area contributed by atoms with Crippen molar-refractivity contribution < 1.29 is 14.8 Å². The quantitative estimate of drug-likeness (QED) is 0.823. The van der Waals surface area contributed by atoms with Gasteiger partial charge in [0.05, 0.1) is 40.2 Å². The Kier molecular flexibility index (Phi) is 4.87. The van der Waals surface area contributed by atoms with Crippen molar-refractivity contribution in [2.45, 2.75) is 46.6 Å². The third-order valence-corrected chi connectivity index (χ3v) is 4.35. The zero-order valence-electron chi connectivity index (χ0n) is 11.8. The van der Waals surface area contributed by atoms with Crippen LogP contribution in [0.25, 0.3) is 0 Å². The lowest BCUT2D eigenvalue weighted by Crippen LogP contribution is -3.18. The number of carbonyl (C=O) groups excluding carboxylic acids is 1. The molecule has 0 aliphatic carbocycles. The standard InChI is InChI=1S/C13H22N2O2S/c1-6-15(13(3,4)5)8-7-10-14-9(2)11(18-10)12(16)17/h6-8H2,1-5H3,(H,16,17). The van der Waals surface area contributed by atoms with Gasteiger partial charge in [0.2, 0.25) is 0 Å². The van der Waals surface area contributed by atoms with Crippen molar-refractivity contribution in [2.24, 2.45) is 0 Å². The third kappa shape index (κ3) is 3.78. The van der Waals surface area contributed by atoms with E-state index in [9.17, 15) is 9.90 Å². The molecule has 1 aromatic heterocycles. The molecule has 0 spiro atoms. The van der Waals surface area contributed by atoms with Crippen LogP contribution in [0.15, 0.2) is 0 Å². The van der Waals surface area contributed by atoms with Crippen LogP contribution >= 0.6 is 11.3 Å². The van der Waals surface area contributed by atoms with Crippen LogP contribution in [0, 0.1) is 6.92 Å². The second kappa shape index (κ2) is 5.80. The average molecular weight is 270 g/mol. The van der Waals surface area contributed by atoms with Gasteiger partial charge < -0.3 is 14.8 Å². The smallest absolute Gasteiger partial charge is 0.0991 e. The fourth-order valence-electron chi connectivity index (χ4n) is 2.09. The second-order valence-corrected chi connectivity index (χ2v) is 6.60. The maximum absolute atomic E-state index is 10.8. The number of likely N-dealkylation sites (N-methyl/N-ethyl adjacent to an activating group) is 1. The Bertz CT molecular complexity index is 421. The van der Waals surface area contributed by atoms with Crippen LogP contribution in [0.3, 0.4) is 0 Å². The van der Waals surface area contributed by atoms with Gasteiger partial charge in [0.1, 0.15) is 0 Å². The summed E-state index contributed by atoms with van der Waals surface area (Å²) < 4.78 is 0. The summed E-state index contributed by atoms with van der Waals surface area (Å²) in [5, 5.41) is 11.7. The topological polar surface area (TPSA) is 57.5 Å². The largest absolute Gasteiger partial charge is 0.544 e. The summed E-state index contributed by atoms with van der Waals surface area (Å²) in [6.45, 7) is 12.6. The molecule has 0 bridgehead atoms. The van der Waals surface area contributed by atoms with Crippen molar-refractivity contribution >= 4 is 17.3 Å². The van der Waals surface area contributed by atoms with Gasteiger partial charge in [0.15, 0.2) is 0 Å². The van der Waals surface area contributed by atoms with E-state index in [-0.39, 0.29) is 10.4 Å². The molecule has 1 atom stereocenters. The van der Waals surface area contributed by atoms with Crippen LogP contribution in [0.5, 0.6) is 0 Å². The van der Waals surface area contributed by atoms with E-state index >= 15 is 0 Å². The summed E-state index contributed by atoms with van der Waals surface area (Å²) in [5.74, 6) is -1.12. The minimum absolute atomic E-state index is 0.207. The van der Waals surface area contributed by atoms with E-state index in [1.165, 1.54) is 16.2 Å². The number of hydrogen-bond acceptors (Lipinski definition) is 4. The van der Waals surface area contributed by atoms with E-state index in [0.717, 1.165) is 24.5 Å². The molecule has 1 rings (SSSR count). The lowest BCUT2D eigenvalue weighted by molar-refractivity contribution is -0.944. The molecule has 0 fully saturated rings. The molecule has 1 unspecified atom stereocenters. The zero-order chi connectivity index (χ0) is 13.9. The highest BCUT2D eigenvalue weighted by atomic mass is 32.1. The summed E-state index contributed by atoms with van der Waals surface area (Å²) in [5.41, 5.74) is 0.780. The van der Waals surface area contributed by atoms with Crippen molar-refractivity contribution in [3.8, 4) is 0 Å². The Hall–Kier alpha value is -0.940. The molecule has 0 radical (unpaired) electrons. The molecule has 1 heterocycles. The van der Waals surface area contributed by atoms with E-state index in [2.05, 4.69) is 32.7 Å². The van der Waals surface area contributed by atoms with Gasteiger partial charge >= 0.3 is 0 Å². The van der Waals surface area contributed by atoms with Gasteiger partial charge in [0.25, 0.3) is 0 Å². The Morgan fingerprint density at radius 2 is 2.06 bits per heavy atom. The molecule has 0 aliphatic heterocycles. The Labute approximate surface area is 113 Å². The highest BCUT2D eigenvalue weighted by molar-refractivity contribution is 7.13. The van der Waals surface area contributed by atoms with Gasteiger partial charge in [0, 0.05) is 6.42 Å². The van der Waals surface area contributed by atoms with Gasteiger partial charge in [-0.1, -0.05) is 0 Å². The zero-order valence-corrected chi connectivity index (χ0v) is 12.6. The van der Waals surface area contributed by atoms with Crippen LogP contribution in [0.4, 0.5) is 0 Å².